The Kier molecular flexibility index (Phi) is 5.31. The normalized spacial score (nSPS) is 15.3. The Labute approximate surface area is 148 Å². The maximum absolute atomic E-state index is 12.6. The summed E-state index contributed by atoms with van der Waals surface area (Å²) >= 11 is 0. The van der Waals surface area contributed by atoms with Crippen molar-refractivity contribution in [1.29, 1.82) is 0 Å². The number of aromatic nitrogens is 4. The highest BCUT2D eigenvalue weighted by Gasteiger charge is 2.20. The number of rotatable bonds is 4. The van der Waals surface area contributed by atoms with E-state index in [1.807, 2.05) is 48.6 Å². The van der Waals surface area contributed by atoms with Crippen molar-refractivity contribution in [3.05, 3.63) is 35.3 Å². The molecule has 2 aromatic rings. The lowest BCUT2D eigenvalue weighted by Crippen LogP contribution is -2.36. The van der Waals surface area contributed by atoms with Crippen molar-refractivity contribution < 1.29 is 4.79 Å². The minimum absolute atomic E-state index is 0.199. The van der Waals surface area contributed by atoms with Gasteiger partial charge in [0.05, 0.1) is 11.4 Å². The topological polar surface area (TPSA) is 67.2 Å². The maximum Gasteiger partial charge on any atom is 0.224 e. The molecule has 1 fully saturated rings. The zero-order valence-corrected chi connectivity index (χ0v) is 15.3. The van der Waals surface area contributed by atoms with Crippen molar-refractivity contribution >= 4 is 11.7 Å². The van der Waals surface area contributed by atoms with Gasteiger partial charge < -0.3 is 9.80 Å². The second-order valence-corrected chi connectivity index (χ2v) is 6.65. The van der Waals surface area contributed by atoms with Crippen LogP contribution in [0.15, 0.2) is 18.2 Å². The SMILES string of the molecule is Cc1ccc(N2CCCN(C(=O)CCn3nc(C)cc3C)CC2)nn1. The Bertz CT molecular complexity index is 724. The van der Waals surface area contributed by atoms with Crippen molar-refractivity contribution in [2.75, 3.05) is 31.1 Å². The number of nitrogens with zero attached hydrogens (tertiary/aromatic N) is 6. The van der Waals surface area contributed by atoms with E-state index in [1.165, 1.54) is 0 Å². The molecule has 0 spiro atoms. The zero-order chi connectivity index (χ0) is 17.8. The summed E-state index contributed by atoms with van der Waals surface area (Å²) in [6, 6.07) is 6.02. The quantitative estimate of drug-likeness (QED) is 0.846. The molecule has 1 aliphatic heterocycles. The van der Waals surface area contributed by atoms with Crippen molar-refractivity contribution in [3.63, 3.8) is 0 Å². The second kappa shape index (κ2) is 7.63. The van der Waals surface area contributed by atoms with E-state index in [2.05, 4.69) is 20.2 Å². The monoisotopic (exact) mass is 342 g/mol. The van der Waals surface area contributed by atoms with Crippen LogP contribution in [0.1, 0.15) is 29.9 Å². The number of hydrogen-bond acceptors (Lipinski definition) is 5. The molecule has 25 heavy (non-hydrogen) atoms. The molecule has 7 heteroatoms. The molecule has 1 saturated heterocycles. The summed E-state index contributed by atoms with van der Waals surface area (Å²) in [6.45, 7) is 9.80. The van der Waals surface area contributed by atoms with Gasteiger partial charge in [-0.2, -0.15) is 10.2 Å². The van der Waals surface area contributed by atoms with E-state index < -0.39 is 0 Å². The molecule has 0 atom stereocenters. The zero-order valence-electron chi connectivity index (χ0n) is 15.3. The summed E-state index contributed by atoms with van der Waals surface area (Å²) in [6.07, 6.45) is 1.44. The van der Waals surface area contributed by atoms with Gasteiger partial charge in [-0.1, -0.05) is 0 Å². The van der Waals surface area contributed by atoms with Crippen LogP contribution in [0.25, 0.3) is 0 Å². The van der Waals surface area contributed by atoms with Crippen LogP contribution in [-0.2, 0) is 11.3 Å². The van der Waals surface area contributed by atoms with Crippen LogP contribution in [-0.4, -0.2) is 57.0 Å². The number of aryl methyl sites for hydroxylation is 4. The molecule has 134 valence electrons. The third-order valence-electron chi connectivity index (χ3n) is 4.60. The summed E-state index contributed by atoms with van der Waals surface area (Å²) < 4.78 is 1.92. The Morgan fingerprint density at radius 1 is 1.04 bits per heavy atom. The number of anilines is 1. The van der Waals surface area contributed by atoms with Crippen LogP contribution in [0, 0.1) is 20.8 Å². The van der Waals surface area contributed by atoms with Gasteiger partial charge in [0, 0.05) is 44.8 Å². The van der Waals surface area contributed by atoms with Crippen LogP contribution in [0.3, 0.4) is 0 Å². The van der Waals surface area contributed by atoms with E-state index in [0.717, 1.165) is 55.5 Å². The maximum atomic E-state index is 12.6. The molecule has 0 radical (unpaired) electrons. The summed E-state index contributed by atoms with van der Waals surface area (Å²) in [5, 5.41) is 12.8. The van der Waals surface area contributed by atoms with Crippen LogP contribution in [0.5, 0.6) is 0 Å². The first kappa shape index (κ1) is 17.4. The highest BCUT2D eigenvalue weighted by molar-refractivity contribution is 5.76. The smallest absolute Gasteiger partial charge is 0.224 e. The average molecular weight is 342 g/mol. The average Bonchev–Trinajstić information content (AvgIpc) is 2.78. The Hall–Kier alpha value is -2.44. The molecular weight excluding hydrogens is 316 g/mol. The lowest BCUT2D eigenvalue weighted by Gasteiger charge is -2.22. The van der Waals surface area contributed by atoms with E-state index in [1.54, 1.807) is 0 Å². The summed E-state index contributed by atoms with van der Waals surface area (Å²) in [4.78, 5) is 16.7. The second-order valence-electron chi connectivity index (χ2n) is 6.65. The molecule has 2 aromatic heterocycles. The predicted molar refractivity (Wildman–Crippen MR) is 96.5 cm³/mol. The minimum atomic E-state index is 0.199. The van der Waals surface area contributed by atoms with Gasteiger partial charge >= 0.3 is 0 Å². The summed E-state index contributed by atoms with van der Waals surface area (Å²) in [7, 11) is 0. The third-order valence-corrected chi connectivity index (χ3v) is 4.60. The van der Waals surface area contributed by atoms with Crippen LogP contribution < -0.4 is 4.90 Å². The molecule has 0 unspecified atom stereocenters. The molecule has 1 aliphatic rings. The molecule has 0 saturated carbocycles. The summed E-state index contributed by atoms with van der Waals surface area (Å²) in [5.74, 6) is 1.09. The number of carbonyl (C=O) groups is 1. The first-order chi connectivity index (χ1) is 12.0. The van der Waals surface area contributed by atoms with Gasteiger partial charge in [0.25, 0.3) is 0 Å². The Morgan fingerprint density at radius 2 is 1.88 bits per heavy atom. The van der Waals surface area contributed by atoms with E-state index in [0.29, 0.717) is 13.0 Å². The van der Waals surface area contributed by atoms with Crippen molar-refractivity contribution in [2.24, 2.45) is 0 Å². The molecule has 0 aliphatic carbocycles. The Morgan fingerprint density at radius 3 is 2.56 bits per heavy atom. The van der Waals surface area contributed by atoms with E-state index in [9.17, 15) is 4.79 Å². The van der Waals surface area contributed by atoms with Crippen molar-refractivity contribution in [2.45, 2.75) is 40.2 Å². The van der Waals surface area contributed by atoms with Gasteiger partial charge in [-0.15, -0.1) is 5.10 Å². The summed E-state index contributed by atoms with van der Waals surface area (Å²) in [5.41, 5.74) is 3.01. The standard InChI is InChI=1S/C18H26N6O/c1-14-5-6-17(20-19-14)22-8-4-9-23(12-11-22)18(25)7-10-24-16(3)13-15(2)21-24/h5-6,13H,4,7-12H2,1-3H3. The van der Waals surface area contributed by atoms with Crippen LogP contribution in [0.4, 0.5) is 5.82 Å². The first-order valence-corrected chi connectivity index (χ1v) is 8.87. The third kappa shape index (κ3) is 4.35. The highest BCUT2D eigenvalue weighted by atomic mass is 16.2. The molecule has 1 amide bonds. The molecule has 0 N–H and O–H groups in total. The predicted octanol–water partition coefficient (Wildman–Crippen LogP) is 1.73. The number of amides is 1. The fourth-order valence-electron chi connectivity index (χ4n) is 3.22. The van der Waals surface area contributed by atoms with Crippen LogP contribution >= 0.6 is 0 Å². The van der Waals surface area contributed by atoms with Gasteiger partial charge in [-0.25, -0.2) is 0 Å². The van der Waals surface area contributed by atoms with E-state index >= 15 is 0 Å². The highest BCUT2D eigenvalue weighted by Crippen LogP contribution is 2.14. The van der Waals surface area contributed by atoms with Gasteiger partial charge in [0.2, 0.25) is 5.91 Å². The van der Waals surface area contributed by atoms with Gasteiger partial charge in [0.15, 0.2) is 5.82 Å². The van der Waals surface area contributed by atoms with Crippen molar-refractivity contribution in [1.82, 2.24) is 24.9 Å². The first-order valence-electron chi connectivity index (χ1n) is 8.87. The number of carbonyl (C=O) groups excluding carboxylic acids is 1. The van der Waals surface area contributed by atoms with E-state index in [-0.39, 0.29) is 5.91 Å². The minimum Gasteiger partial charge on any atom is -0.353 e. The van der Waals surface area contributed by atoms with Crippen molar-refractivity contribution in [3.8, 4) is 0 Å². The lowest BCUT2D eigenvalue weighted by molar-refractivity contribution is -0.131. The Balaban J connectivity index is 1.54. The van der Waals surface area contributed by atoms with Gasteiger partial charge in [-0.3, -0.25) is 9.48 Å². The number of hydrogen-bond donors (Lipinski definition) is 0. The largest absolute Gasteiger partial charge is 0.353 e. The van der Waals surface area contributed by atoms with Gasteiger partial charge in [0.1, 0.15) is 0 Å². The molecule has 0 bridgehead atoms. The van der Waals surface area contributed by atoms with Gasteiger partial charge in [-0.05, 0) is 45.4 Å². The molecule has 3 heterocycles. The fourth-order valence-corrected chi connectivity index (χ4v) is 3.22. The fraction of sp³-hybridized carbons (Fsp3) is 0.556. The lowest BCUT2D eigenvalue weighted by atomic mass is 10.3. The molecule has 3 rings (SSSR count). The van der Waals surface area contributed by atoms with E-state index in [4.69, 9.17) is 0 Å². The molecule has 7 nitrogen and oxygen atoms in total. The molecular formula is C18H26N6O. The van der Waals surface area contributed by atoms with Crippen LogP contribution in [0.2, 0.25) is 0 Å². The molecule has 0 aromatic carbocycles.